The smallest absolute Gasteiger partial charge is 0.286 e. The van der Waals surface area contributed by atoms with Gasteiger partial charge in [0.15, 0.2) is 5.69 Å². The summed E-state index contributed by atoms with van der Waals surface area (Å²) in [6, 6.07) is 1.13. The van der Waals surface area contributed by atoms with Crippen LogP contribution in [0.4, 0.5) is 5.88 Å². The summed E-state index contributed by atoms with van der Waals surface area (Å²) in [7, 11) is -3.58. The number of hydrogen-bond donors (Lipinski definition) is 2. The standard InChI is InChI=1S/C5H7N3O4S/c1-13(10,11)8-5(9)3-2-4(6)12-7-3/h2H,6H2,1H3,(H,8,9). The van der Waals surface area contributed by atoms with Gasteiger partial charge < -0.3 is 10.3 Å². The Labute approximate surface area is 73.9 Å². The van der Waals surface area contributed by atoms with Gasteiger partial charge in [0.2, 0.25) is 15.9 Å². The van der Waals surface area contributed by atoms with Gasteiger partial charge in [-0.1, -0.05) is 5.16 Å². The van der Waals surface area contributed by atoms with Crippen LogP contribution >= 0.6 is 0 Å². The first-order chi connectivity index (χ1) is 5.88. The number of sulfonamides is 1. The van der Waals surface area contributed by atoms with Crippen LogP contribution in [0.25, 0.3) is 0 Å². The van der Waals surface area contributed by atoms with Crippen LogP contribution in [0.15, 0.2) is 10.6 Å². The third-order valence-electron chi connectivity index (χ3n) is 1.04. The first kappa shape index (κ1) is 9.52. The van der Waals surface area contributed by atoms with Crippen molar-refractivity contribution < 1.29 is 17.7 Å². The van der Waals surface area contributed by atoms with Gasteiger partial charge in [-0.2, -0.15) is 0 Å². The number of rotatable bonds is 2. The zero-order valence-corrected chi connectivity index (χ0v) is 7.46. The van der Waals surface area contributed by atoms with Crippen LogP contribution in [0.3, 0.4) is 0 Å². The fraction of sp³-hybridized carbons (Fsp3) is 0.200. The highest BCUT2D eigenvalue weighted by molar-refractivity contribution is 7.89. The van der Waals surface area contributed by atoms with Crippen molar-refractivity contribution in [1.82, 2.24) is 9.88 Å². The van der Waals surface area contributed by atoms with Crippen molar-refractivity contribution in [3.63, 3.8) is 0 Å². The molecule has 0 radical (unpaired) electrons. The van der Waals surface area contributed by atoms with Gasteiger partial charge in [0.25, 0.3) is 5.91 Å². The molecule has 0 aromatic carbocycles. The minimum Gasteiger partial charge on any atom is -0.368 e. The minimum absolute atomic E-state index is 0.0568. The number of anilines is 1. The van der Waals surface area contributed by atoms with Crippen LogP contribution in [-0.4, -0.2) is 25.7 Å². The molecule has 0 atom stereocenters. The van der Waals surface area contributed by atoms with E-state index in [2.05, 4.69) is 9.68 Å². The first-order valence-corrected chi connectivity index (χ1v) is 5.02. The average molecular weight is 205 g/mol. The number of carbonyl (C=O) groups is 1. The Morgan fingerprint density at radius 3 is 2.69 bits per heavy atom. The van der Waals surface area contributed by atoms with E-state index in [1.807, 2.05) is 0 Å². The van der Waals surface area contributed by atoms with Crippen molar-refractivity contribution in [3.05, 3.63) is 11.8 Å². The summed E-state index contributed by atoms with van der Waals surface area (Å²) in [5, 5.41) is 3.22. The summed E-state index contributed by atoms with van der Waals surface area (Å²) in [6.45, 7) is 0. The van der Waals surface area contributed by atoms with Gasteiger partial charge in [-0.25, -0.2) is 13.1 Å². The number of nitrogens with two attached hydrogens (primary N) is 1. The third kappa shape index (κ3) is 2.75. The molecule has 0 unspecified atom stereocenters. The molecule has 0 aliphatic carbocycles. The lowest BCUT2D eigenvalue weighted by Crippen LogP contribution is -2.29. The monoisotopic (exact) mass is 205 g/mol. The SMILES string of the molecule is CS(=O)(=O)NC(=O)c1cc(N)on1. The van der Waals surface area contributed by atoms with Crippen molar-refractivity contribution in [2.45, 2.75) is 0 Å². The van der Waals surface area contributed by atoms with Gasteiger partial charge in [-0.05, 0) is 0 Å². The first-order valence-electron chi connectivity index (χ1n) is 3.13. The summed E-state index contributed by atoms with van der Waals surface area (Å²) in [5.74, 6) is -0.929. The maximum Gasteiger partial charge on any atom is 0.286 e. The van der Waals surface area contributed by atoms with E-state index < -0.39 is 15.9 Å². The zero-order valence-electron chi connectivity index (χ0n) is 6.64. The Morgan fingerprint density at radius 2 is 2.31 bits per heavy atom. The Kier molecular flexibility index (Phi) is 2.24. The fourth-order valence-electron chi connectivity index (χ4n) is 0.617. The van der Waals surface area contributed by atoms with E-state index in [-0.39, 0.29) is 11.6 Å². The zero-order chi connectivity index (χ0) is 10.1. The van der Waals surface area contributed by atoms with Crippen molar-refractivity contribution in [2.24, 2.45) is 0 Å². The largest absolute Gasteiger partial charge is 0.368 e. The molecule has 1 aromatic heterocycles. The van der Waals surface area contributed by atoms with Crippen LogP contribution in [-0.2, 0) is 10.0 Å². The molecule has 8 heteroatoms. The summed E-state index contributed by atoms with van der Waals surface area (Å²) < 4.78 is 27.3. The molecule has 0 saturated heterocycles. The third-order valence-corrected chi connectivity index (χ3v) is 1.60. The molecule has 0 aliphatic heterocycles. The lowest BCUT2D eigenvalue weighted by Gasteiger charge is -1.96. The van der Waals surface area contributed by atoms with Gasteiger partial charge in [-0.3, -0.25) is 4.79 Å². The van der Waals surface area contributed by atoms with Gasteiger partial charge in [0, 0.05) is 6.07 Å². The number of hydrogen-bond acceptors (Lipinski definition) is 6. The van der Waals surface area contributed by atoms with Crippen molar-refractivity contribution in [1.29, 1.82) is 0 Å². The van der Waals surface area contributed by atoms with E-state index in [0.717, 1.165) is 12.3 Å². The summed E-state index contributed by atoms with van der Waals surface area (Å²) >= 11 is 0. The maximum atomic E-state index is 11.0. The molecule has 0 fully saturated rings. The summed E-state index contributed by atoms with van der Waals surface area (Å²) in [4.78, 5) is 11.0. The van der Waals surface area contributed by atoms with Crippen LogP contribution < -0.4 is 10.5 Å². The normalized spacial score (nSPS) is 11.2. The molecule has 3 N–H and O–H groups in total. The van der Waals surface area contributed by atoms with Crippen LogP contribution in [0, 0.1) is 0 Å². The number of carbonyl (C=O) groups excluding carboxylic acids is 1. The summed E-state index contributed by atoms with van der Waals surface area (Å²) in [6.07, 6.45) is 0.855. The molecule has 72 valence electrons. The highest BCUT2D eigenvalue weighted by Crippen LogP contribution is 2.03. The second-order valence-electron chi connectivity index (χ2n) is 2.32. The predicted molar refractivity (Wildman–Crippen MR) is 43.2 cm³/mol. The van der Waals surface area contributed by atoms with Crippen LogP contribution in [0.5, 0.6) is 0 Å². The number of nitrogens with one attached hydrogen (secondary N) is 1. The highest BCUT2D eigenvalue weighted by atomic mass is 32.2. The fourth-order valence-corrected chi connectivity index (χ4v) is 1.06. The topological polar surface area (TPSA) is 115 Å². The molecule has 1 aromatic rings. The minimum atomic E-state index is -3.58. The van der Waals surface area contributed by atoms with Gasteiger partial charge in [0.05, 0.1) is 6.26 Å². The number of nitrogen functional groups attached to an aromatic ring is 1. The van der Waals surface area contributed by atoms with E-state index in [1.54, 1.807) is 4.72 Å². The number of aromatic nitrogens is 1. The lowest BCUT2D eigenvalue weighted by molar-refractivity contribution is 0.0973. The second-order valence-corrected chi connectivity index (χ2v) is 4.07. The van der Waals surface area contributed by atoms with Gasteiger partial charge in [-0.15, -0.1) is 0 Å². The van der Waals surface area contributed by atoms with E-state index in [0.29, 0.717) is 0 Å². The maximum absolute atomic E-state index is 11.0. The average Bonchev–Trinajstić information content (AvgIpc) is 2.31. The van der Waals surface area contributed by atoms with Crippen LogP contribution in [0.1, 0.15) is 10.5 Å². The lowest BCUT2D eigenvalue weighted by atomic mass is 10.4. The molecule has 0 spiro atoms. The Hall–Kier alpha value is -1.57. The molecular formula is C5H7N3O4S. The van der Waals surface area contributed by atoms with E-state index in [4.69, 9.17) is 5.73 Å². The van der Waals surface area contributed by atoms with Crippen molar-refractivity contribution >= 4 is 21.8 Å². The van der Waals surface area contributed by atoms with E-state index in [1.165, 1.54) is 0 Å². The molecule has 0 aliphatic rings. The van der Waals surface area contributed by atoms with Crippen LogP contribution in [0.2, 0.25) is 0 Å². The molecule has 1 rings (SSSR count). The number of amides is 1. The predicted octanol–water partition coefficient (Wildman–Crippen LogP) is -1.05. The highest BCUT2D eigenvalue weighted by Gasteiger charge is 2.14. The van der Waals surface area contributed by atoms with Gasteiger partial charge >= 0.3 is 0 Å². The quantitative estimate of drug-likeness (QED) is 0.636. The molecule has 13 heavy (non-hydrogen) atoms. The Balaban J connectivity index is 2.81. The van der Waals surface area contributed by atoms with E-state index in [9.17, 15) is 13.2 Å². The molecule has 1 heterocycles. The number of nitrogens with zero attached hydrogens (tertiary/aromatic N) is 1. The van der Waals surface area contributed by atoms with Crippen molar-refractivity contribution in [3.8, 4) is 0 Å². The van der Waals surface area contributed by atoms with E-state index >= 15 is 0 Å². The second kappa shape index (κ2) is 3.05. The molecule has 0 saturated carbocycles. The molecule has 7 nitrogen and oxygen atoms in total. The van der Waals surface area contributed by atoms with Crippen molar-refractivity contribution in [2.75, 3.05) is 12.0 Å². The summed E-state index contributed by atoms with van der Waals surface area (Å²) in [5.41, 5.74) is 4.94. The van der Waals surface area contributed by atoms with Gasteiger partial charge in [0.1, 0.15) is 0 Å². The Morgan fingerprint density at radius 1 is 1.69 bits per heavy atom. The molecule has 1 amide bonds. The molecule has 0 bridgehead atoms. The Bertz CT molecular complexity index is 421. The molecular weight excluding hydrogens is 198 g/mol.